The molecule has 5 heteroatoms. The molecule has 1 amide bonds. The molecule has 3 rings (SSSR count). The van der Waals surface area contributed by atoms with Crippen LogP contribution < -0.4 is 5.32 Å². The number of aromatic hydroxyl groups is 1. The number of nitrogens with one attached hydrogen (secondary N) is 2. The van der Waals surface area contributed by atoms with Crippen LogP contribution in [-0.2, 0) is 0 Å². The summed E-state index contributed by atoms with van der Waals surface area (Å²) >= 11 is 0. The van der Waals surface area contributed by atoms with Crippen LogP contribution in [0.1, 0.15) is 29.1 Å². The summed E-state index contributed by atoms with van der Waals surface area (Å²) in [5.74, 6) is 0.516. The van der Waals surface area contributed by atoms with Gasteiger partial charge in [-0.1, -0.05) is 18.2 Å². The quantitative estimate of drug-likeness (QED) is 0.690. The zero-order valence-electron chi connectivity index (χ0n) is 11.5. The van der Waals surface area contributed by atoms with Crippen LogP contribution in [0.5, 0.6) is 5.75 Å². The summed E-state index contributed by atoms with van der Waals surface area (Å²) in [6, 6.07) is 13.7. The summed E-state index contributed by atoms with van der Waals surface area (Å²) in [6.45, 7) is 1.86. The first-order valence-electron chi connectivity index (χ1n) is 6.68. The Hall–Kier alpha value is -2.82. The number of carbonyl (C=O) groups excluding carboxylic acids is 1. The molecule has 106 valence electrons. The average Bonchev–Trinajstić information content (AvgIpc) is 2.91. The highest BCUT2D eigenvalue weighted by Crippen LogP contribution is 2.17. The minimum absolute atomic E-state index is 0.0686. The number of aromatic nitrogens is 2. The lowest BCUT2D eigenvalue weighted by Crippen LogP contribution is -2.27. The van der Waals surface area contributed by atoms with Crippen molar-refractivity contribution in [1.29, 1.82) is 0 Å². The summed E-state index contributed by atoms with van der Waals surface area (Å²) in [6.07, 6.45) is 0. The molecule has 0 aliphatic heterocycles. The Kier molecular flexibility index (Phi) is 3.31. The van der Waals surface area contributed by atoms with Gasteiger partial charge in [0.05, 0.1) is 17.1 Å². The van der Waals surface area contributed by atoms with Crippen LogP contribution in [0.2, 0.25) is 0 Å². The Labute approximate surface area is 121 Å². The highest BCUT2D eigenvalue weighted by Gasteiger charge is 2.14. The number of H-pyrrole nitrogens is 1. The minimum Gasteiger partial charge on any atom is -0.508 e. The smallest absolute Gasteiger partial charge is 0.251 e. The zero-order valence-corrected chi connectivity index (χ0v) is 11.5. The first-order chi connectivity index (χ1) is 10.1. The third-order valence-electron chi connectivity index (χ3n) is 3.27. The Morgan fingerprint density at radius 1 is 1.24 bits per heavy atom. The normalized spacial score (nSPS) is 12.2. The summed E-state index contributed by atoms with van der Waals surface area (Å²) in [4.78, 5) is 19.8. The molecule has 0 spiro atoms. The number of benzene rings is 2. The van der Waals surface area contributed by atoms with Gasteiger partial charge in [-0.05, 0) is 37.3 Å². The molecule has 0 bridgehead atoms. The molecule has 21 heavy (non-hydrogen) atoms. The lowest BCUT2D eigenvalue weighted by molar-refractivity contribution is 0.0938. The summed E-state index contributed by atoms with van der Waals surface area (Å²) in [5.41, 5.74) is 2.22. The number of fused-ring (bicyclic) bond motifs is 1. The molecule has 3 aromatic rings. The van der Waals surface area contributed by atoms with Gasteiger partial charge in [-0.15, -0.1) is 0 Å². The topological polar surface area (TPSA) is 78.0 Å². The maximum Gasteiger partial charge on any atom is 0.251 e. The minimum atomic E-state index is -0.257. The van der Waals surface area contributed by atoms with Gasteiger partial charge in [0.25, 0.3) is 5.91 Å². The number of aromatic amines is 1. The fourth-order valence-corrected chi connectivity index (χ4v) is 2.17. The lowest BCUT2D eigenvalue weighted by atomic mass is 10.2. The van der Waals surface area contributed by atoms with Crippen LogP contribution in [0.25, 0.3) is 11.0 Å². The number of phenolic OH excluding ortho intramolecular Hbond substituents is 1. The molecular weight excluding hydrogens is 266 g/mol. The third kappa shape index (κ3) is 2.72. The number of carbonyl (C=O) groups is 1. The molecule has 0 saturated carbocycles. The largest absolute Gasteiger partial charge is 0.508 e. The molecule has 0 aliphatic rings. The Bertz CT molecular complexity index is 762. The highest BCUT2D eigenvalue weighted by atomic mass is 16.3. The molecule has 3 N–H and O–H groups in total. The molecule has 0 aliphatic carbocycles. The fourth-order valence-electron chi connectivity index (χ4n) is 2.17. The summed E-state index contributed by atoms with van der Waals surface area (Å²) in [5, 5.41) is 12.3. The van der Waals surface area contributed by atoms with E-state index in [0.717, 1.165) is 11.0 Å². The van der Waals surface area contributed by atoms with E-state index in [4.69, 9.17) is 0 Å². The van der Waals surface area contributed by atoms with Crippen molar-refractivity contribution in [2.75, 3.05) is 0 Å². The van der Waals surface area contributed by atoms with Gasteiger partial charge in [-0.2, -0.15) is 0 Å². The number of hydrogen-bond acceptors (Lipinski definition) is 3. The van der Waals surface area contributed by atoms with Gasteiger partial charge in [0.1, 0.15) is 11.6 Å². The van der Waals surface area contributed by atoms with E-state index in [1.165, 1.54) is 12.1 Å². The number of nitrogens with zero attached hydrogens (tertiary/aromatic N) is 1. The summed E-state index contributed by atoms with van der Waals surface area (Å²) < 4.78 is 0. The van der Waals surface area contributed by atoms with Crippen LogP contribution >= 0.6 is 0 Å². The van der Waals surface area contributed by atoms with Gasteiger partial charge in [0.15, 0.2) is 0 Å². The van der Waals surface area contributed by atoms with E-state index in [-0.39, 0.29) is 17.7 Å². The number of amides is 1. The van der Waals surface area contributed by atoms with Crippen molar-refractivity contribution in [3.63, 3.8) is 0 Å². The second-order valence-corrected chi connectivity index (χ2v) is 4.88. The van der Waals surface area contributed by atoms with Crippen LogP contribution in [0, 0.1) is 0 Å². The number of rotatable bonds is 3. The predicted octanol–water partition coefficient (Wildman–Crippen LogP) is 2.76. The second-order valence-electron chi connectivity index (χ2n) is 4.88. The van der Waals surface area contributed by atoms with E-state index in [2.05, 4.69) is 15.3 Å². The molecule has 0 saturated heterocycles. The van der Waals surface area contributed by atoms with E-state index >= 15 is 0 Å². The van der Waals surface area contributed by atoms with Crippen LogP contribution in [0.4, 0.5) is 0 Å². The van der Waals surface area contributed by atoms with E-state index in [0.29, 0.717) is 11.4 Å². The Morgan fingerprint density at radius 2 is 2.05 bits per heavy atom. The predicted molar refractivity (Wildman–Crippen MR) is 80.1 cm³/mol. The zero-order chi connectivity index (χ0) is 14.8. The Balaban J connectivity index is 1.79. The maximum absolute atomic E-state index is 12.1. The number of hydrogen-bond donors (Lipinski definition) is 3. The lowest BCUT2D eigenvalue weighted by Gasteiger charge is -2.11. The van der Waals surface area contributed by atoms with Crippen molar-refractivity contribution in [3.05, 3.63) is 59.9 Å². The van der Waals surface area contributed by atoms with Crippen molar-refractivity contribution >= 4 is 16.9 Å². The van der Waals surface area contributed by atoms with Crippen molar-refractivity contribution in [2.45, 2.75) is 13.0 Å². The molecule has 2 aromatic carbocycles. The molecular formula is C16H15N3O2. The van der Waals surface area contributed by atoms with Crippen molar-refractivity contribution < 1.29 is 9.90 Å². The van der Waals surface area contributed by atoms with Gasteiger partial charge >= 0.3 is 0 Å². The highest BCUT2D eigenvalue weighted by molar-refractivity contribution is 5.94. The molecule has 0 radical (unpaired) electrons. The average molecular weight is 281 g/mol. The molecule has 0 fully saturated rings. The fraction of sp³-hybridized carbons (Fsp3) is 0.125. The molecule has 1 aromatic heterocycles. The SMILES string of the molecule is CC(NC(=O)c1cccc(O)c1)c1nc2ccccc2[nH]1. The van der Waals surface area contributed by atoms with Crippen LogP contribution in [-0.4, -0.2) is 21.0 Å². The van der Waals surface area contributed by atoms with Gasteiger partial charge < -0.3 is 15.4 Å². The van der Waals surface area contributed by atoms with Gasteiger partial charge in [-0.25, -0.2) is 4.98 Å². The molecule has 5 nitrogen and oxygen atoms in total. The molecule has 1 unspecified atom stereocenters. The van der Waals surface area contributed by atoms with E-state index in [1.807, 2.05) is 31.2 Å². The maximum atomic E-state index is 12.1. The third-order valence-corrected chi connectivity index (χ3v) is 3.27. The van der Waals surface area contributed by atoms with E-state index < -0.39 is 0 Å². The van der Waals surface area contributed by atoms with E-state index in [1.54, 1.807) is 12.1 Å². The number of para-hydroxylation sites is 2. The Morgan fingerprint density at radius 3 is 2.81 bits per heavy atom. The monoisotopic (exact) mass is 281 g/mol. The number of phenols is 1. The standard InChI is InChI=1S/C16H15N3O2/c1-10(15-18-13-7-2-3-8-14(13)19-15)17-16(21)11-5-4-6-12(20)9-11/h2-10,20H,1H3,(H,17,21)(H,18,19). The van der Waals surface area contributed by atoms with E-state index in [9.17, 15) is 9.90 Å². The van der Waals surface area contributed by atoms with Crippen LogP contribution in [0.15, 0.2) is 48.5 Å². The second kappa shape index (κ2) is 5.28. The first-order valence-corrected chi connectivity index (χ1v) is 6.68. The van der Waals surface area contributed by atoms with Crippen LogP contribution in [0.3, 0.4) is 0 Å². The van der Waals surface area contributed by atoms with Gasteiger partial charge in [0.2, 0.25) is 0 Å². The molecule has 1 atom stereocenters. The van der Waals surface area contributed by atoms with Gasteiger partial charge in [0, 0.05) is 5.56 Å². The van der Waals surface area contributed by atoms with Crippen molar-refractivity contribution in [1.82, 2.24) is 15.3 Å². The first kappa shape index (κ1) is 13.2. The molecule has 1 heterocycles. The number of imidazole rings is 1. The van der Waals surface area contributed by atoms with Crippen molar-refractivity contribution in [2.24, 2.45) is 0 Å². The summed E-state index contributed by atoms with van der Waals surface area (Å²) in [7, 11) is 0. The van der Waals surface area contributed by atoms with Gasteiger partial charge in [-0.3, -0.25) is 4.79 Å². The van der Waals surface area contributed by atoms with Crippen molar-refractivity contribution in [3.8, 4) is 5.75 Å².